The number of hydrogen-bond acceptors (Lipinski definition) is 2. The predicted molar refractivity (Wildman–Crippen MR) is 30.7 cm³/mol. The molecule has 0 heterocycles. The van der Waals surface area contributed by atoms with Gasteiger partial charge in [-0.3, -0.25) is 0 Å². The summed E-state index contributed by atoms with van der Waals surface area (Å²) in [6.07, 6.45) is 6.43. The summed E-state index contributed by atoms with van der Waals surface area (Å²) in [4.78, 5) is 9.35. The largest absolute Gasteiger partial charge is 0.426 e. The Balaban J connectivity index is 3.19. The molecule has 0 N–H and O–H groups in total. The Hall–Kier alpha value is -1.05. The van der Waals surface area contributed by atoms with E-state index in [-0.39, 0.29) is 0 Å². The van der Waals surface area contributed by atoms with Crippen LogP contribution in [0.5, 0.6) is 0 Å². The summed E-state index contributed by atoms with van der Waals surface area (Å²) in [5, 5.41) is 0. The average Bonchev–Trinajstić information content (AvgIpc) is 1.81. The molecule has 0 saturated heterocycles. The van der Waals surface area contributed by atoms with Crippen LogP contribution in [0.1, 0.15) is 6.92 Å². The van der Waals surface area contributed by atoms with E-state index >= 15 is 0 Å². The van der Waals surface area contributed by atoms with E-state index in [0.29, 0.717) is 0 Å². The van der Waals surface area contributed by atoms with Gasteiger partial charge in [0, 0.05) is 0 Å². The van der Waals surface area contributed by atoms with Gasteiger partial charge in [0.15, 0.2) is 0 Å². The van der Waals surface area contributed by atoms with Gasteiger partial charge in [-0.05, 0) is 13.0 Å². The zero-order valence-corrected chi connectivity index (χ0v) is 4.63. The molecule has 2 nitrogen and oxygen atoms in total. The lowest BCUT2D eigenvalue weighted by Crippen LogP contribution is -1.69. The fourth-order valence-corrected chi connectivity index (χ4v) is 0.224. The van der Waals surface area contributed by atoms with Gasteiger partial charge in [-0.25, -0.2) is 4.79 Å². The maximum atomic E-state index is 9.35. The highest BCUT2D eigenvalue weighted by Crippen LogP contribution is 1.74. The molecule has 0 saturated carbocycles. The van der Waals surface area contributed by atoms with Crippen molar-refractivity contribution in [2.75, 3.05) is 0 Å². The van der Waals surface area contributed by atoms with Crippen molar-refractivity contribution in [3.05, 3.63) is 24.5 Å². The topological polar surface area (TPSA) is 26.3 Å². The maximum Gasteiger partial charge on any atom is 0.422 e. The van der Waals surface area contributed by atoms with E-state index in [4.69, 9.17) is 0 Å². The van der Waals surface area contributed by atoms with Crippen LogP contribution in [-0.2, 0) is 9.53 Å². The second-order valence-corrected chi connectivity index (χ2v) is 1.06. The Kier molecular flexibility index (Phi) is 5.17. The summed E-state index contributed by atoms with van der Waals surface area (Å²) >= 11 is 0. The average molecular weight is 111 g/mol. The van der Waals surface area contributed by atoms with Crippen LogP contribution >= 0.6 is 0 Å². The van der Waals surface area contributed by atoms with Crippen LogP contribution < -0.4 is 0 Å². The van der Waals surface area contributed by atoms with Crippen molar-refractivity contribution in [2.24, 2.45) is 0 Å². The summed E-state index contributed by atoms with van der Waals surface area (Å²) in [5.41, 5.74) is 0. The van der Waals surface area contributed by atoms with E-state index in [1.54, 1.807) is 12.2 Å². The Morgan fingerprint density at radius 1 is 1.50 bits per heavy atom. The van der Waals surface area contributed by atoms with Gasteiger partial charge in [0.2, 0.25) is 0 Å². The van der Waals surface area contributed by atoms with Crippen molar-refractivity contribution in [1.29, 1.82) is 0 Å². The predicted octanol–water partition coefficient (Wildman–Crippen LogP) is 1.16. The molecule has 0 aliphatic carbocycles. The highest BCUT2D eigenvalue weighted by Gasteiger charge is 1.65. The number of hydrogen-bond donors (Lipinski definition) is 0. The van der Waals surface area contributed by atoms with E-state index in [1.807, 2.05) is 13.0 Å². The molecule has 0 aliphatic rings. The van der Waals surface area contributed by atoms with E-state index in [0.717, 1.165) is 0 Å². The van der Waals surface area contributed by atoms with Crippen LogP contribution in [0.3, 0.4) is 0 Å². The number of ether oxygens (including phenoxy) is 1. The molecule has 0 aromatic rings. The molecule has 0 bridgehead atoms. The van der Waals surface area contributed by atoms with Gasteiger partial charge < -0.3 is 4.74 Å². The van der Waals surface area contributed by atoms with Gasteiger partial charge in [0.05, 0.1) is 6.26 Å². The van der Waals surface area contributed by atoms with Gasteiger partial charge in [-0.1, -0.05) is 12.2 Å². The first-order valence-corrected chi connectivity index (χ1v) is 2.22. The molecule has 0 spiro atoms. The molecule has 0 amide bonds. The SMILES string of the molecule is C/C=C/C=C/O[C]=O. The lowest BCUT2D eigenvalue weighted by molar-refractivity contribution is 0.398. The zero-order valence-electron chi connectivity index (χ0n) is 4.63. The molecular weight excluding hydrogens is 104 g/mol. The van der Waals surface area contributed by atoms with Gasteiger partial charge in [-0.15, -0.1) is 0 Å². The van der Waals surface area contributed by atoms with Gasteiger partial charge in [0.25, 0.3) is 0 Å². The highest BCUT2D eigenvalue weighted by atomic mass is 16.5. The van der Waals surface area contributed by atoms with E-state index in [2.05, 4.69) is 4.74 Å². The van der Waals surface area contributed by atoms with Crippen molar-refractivity contribution >= 4 is 6.47 Å². The Bertz CT molecular complexity index is 103. The molecule has 0 rings (SSSR count). The molecule has 0 aromatic heterocycles. The summed E-state index contributed by atoms with van der Waals surface area (Å²) in [6.45, 7) is 3.13. The number of allylic oxidation sites excluding steroid dienone is 3. The Morgan fingerprint density at radius 3 is 2.75 bits per heavy atom. The summed E-state index contributed by atoms with van der Waals surface area (Å²) in [7, 11) is 0. The van der Waals surface area contributed by atoms with Crippen molar-refractivity contribution in [3.63, 3.8) is 0 Å². The molecule has 8 heavy (non-hydrogen) atoms. The van der Waals surface area contributed by atoms with Crippen LogP contribution in [0.4, 0.5) is 0 Å². The molecule has 0 atom stereocenters. The second-order valence-electron chi connectivity index (χ2n) is 1.06. The highest BCUT2D eigenvalue weighted by molar-refractivity contribution is 5.39. The zero-order chi connectivity index (χ0) is 6.24. The summed E-state index contributed by atoms with van der Waals surface area (Å²) in [5.74, 6) is 0. The van der Waals surface area contributed by atoms with E-state index in [9.17, 15) is 4.79 Å². The summed E-state index contributed by atoms with van der Waals surface area (Å²) < 4.78 is 4.10. The van der Waals surface area contributed by atoms with Crippen LogP contribution in [0.15, 0.2) is 24.5 Å². The minimum atomic E-state index is 1.26. The minimum Gasteiger partial charge on any atom is -0.426 e. The first-order chi connectivity index (χ1) is 3.91. The number of carbonyl (C=O) groups excluding carboxylic acids is 1. The van der Waals surface area contributed by atoms with Gasteiger partial charge in [-0.2, -0.15) is 0 Å². The standard InChI is InChI=1S/C6H7O2/c1-2-3-4-5-8-6-7/h2-5H,1H3/b3-2+,5-4+. The minimum absolute atomic E-state index is 1.26. The summed E-state index contributed by atoms with van der Waals surface area (Å²) in [6, 6.07) is 0. The van der Waals surface area contributed by atoms with Gasteiger partial charge >= 0.3 is 6.47 Å². The van der Waals surface area contributed by atoms with Gasteiger partial charge in [0.1, 0.15) is 0 Å². The van der Waals surface area contributed by atoms with Crippen LogP contribution in [0.2, 0.25) is 0 Å². The maximum absolute atomic E-state index is 9.35. The van der Waals surface area contributed by atoms with Crippen molar-refractivity contribution in [2.45, 2.75) is 6.92 Å². The van der Waals surface area contributed by atoms with Crippen LogP contribution in [0, 0.1) is 0 Å². The fraction of sp³-hybridized carbons (Fsp3) is 0.167. The van der Waals surface area contributed by atoms with Crippen LogP contribution in [0.25, 0.3) is 0 Å². The quantitative estimate of drug-likeness (QED) is 0.403. The molecule has 0 aromatic carbocycles. The first-order valence-electron chi connectivity index (χ1n) is 2.22. The molecular formula is C6H7O2. The van der Waals surface area contributed by atoms with E-state index < -0.39 is 0 Å². The van der Waals surface area contributed by atoms with Crippen molar-refractivity contribution in [1.82, 2.24) is 0 Å². The van der Waals surface area contributed by atoms with Crippen molar-refractivity contribution < 1.29 is 9.53 Å². The fourth-order valence-electron chi connectivity index (χ4n) is 0.224. The first kappa shape index (κ1) is 6.95. The third kappa shape index (κ3) is 4.95. The normalized spacial score (nSPS) is 10.6. The molecule has 0 unspecified atom stereocenters. The lowest BCUT2D eigenvalue weighted by Gasteiger charge is -1.75. The Morgan fingerprint density at radius 2 is 2.25 bits per heavy atom. The second kappa shape index (κ2) is 5.95. The molecule has 0 fully saturated rings. The van der Waals surface area contributed by atoms with Crippen molar-refractivity contribution in [3.8, 4) is 0 Å². The molecule has 0 aliphatic heterocycles. The number of rotatable bonds is 3. The molecule has 2 heteroatoms. The van der Waals surface area contributed by atoms with Crippen LogP contribution in [-0.4, -0.2) is 6.47 Å². The molecule has 1 radical (unpaired) electrons. The molecule has 43 valence electrons. The lowest BCUT2D eigenvalue weighted by atomic mass is 10.5. The monoisotopic (exact) mass is 111 g/mol. The smallest absolute Gasteiger partial charge is 0.422 e. The third-order valence-electron chi connectivity index (χ3n) is 0.498. The van der Waals surface area contributed by atoms with E-state index in [1.165, 1.54) is 12.7 Å². The third-order valence-corrected chi connectivity index (χ3v) is 0.498. The Labute approximate surface area is 48.5 Å².